The van der Waals surface area contributed by atoms with E-state index in [2.05, 4.69) is 212 Å². The van der Waals surface area contributed by atoms with E-state index in [1.54, 1.807) is 27.8 Å². The van der Waals surface area contributed by atoms with E-state index < -0.39 is 0 Å². The molecule has 7 unspecified atom stereocenters. The van der Waals surface area contributed by atoms with Gasteiger partial charge in [0, 0.05) is 32.9 Å². The zero-order valence-electron chi connectivity index (χ0n) is 44.8. The Morgan fingerprint density at radius 2 is 0.625 bits per heavy atom. The van der Waals surface area contributed by atoms with E-state index >= 15 is 0 Å². The number of fused-ring (bicyclic) bond motifs is 15. The molecule has 7 atom stereocenters. The second kappa shape index (κ2) is 17.6. The maximum Gasteiger partial charge on any atom is 0.164 e. The molecule has 10 aromatic carbocycles. The van der Waals surface area contributed by atoms with Crippen LogP contribution in [0, 0.1) is 5.92 Å². The number of aromatic nitrogens is 3. The molecule has 6 aliphatic carbocycles. The minimum Gasteiger partial charge on any atom is -0.208 e. The summed E-state index contributed by atoms with van der Waals surface area (Å²) >= 11 is 0. The van der Waals surface area contributed by atoms with Gasteiger partial charge in [0.1, 0.15) is 0 Å². The highest BCUT2D eigenvalue weighted by Gasteiger charge is 2.71. The molecular formula is C77H59N3. The van der Waals surface area contributed by atoms with Crippen molar-refractivity contribution in [2.45, 2.75) is 78.9 Å². The smallest absolute Gasteiger partial charge is 0.164 e. The first kappa shape index (κ1) is 46.2. The fourth-order valence-electron chi connectivity index (χ4n) is 18.0. The molecule has 0 saturated heterocycles. The van der Waals surface area contributed by atoms with Crippen molar-refractivity contribution in [2.75, 3.05) is 0 Å². The molecule has 11 aromatic rings. The molecule has 0 radical (unpaired) electrons. The molecule has 6 bridgehead atoms. The van der Waals surface area contributed by atoms with Crippen molar-refractivity contribution >= 4 is 0 Å². The zero-order chi connectivity index (χ0) is 52.6. The standard InChI is InChI=1S/C77H59N3/c1-3-18-52(19-4-1)71-78-72(53-20-5-2-6-21-53)80-73(79-71)54-40-36-50(37-41-54)49-34-38-51(39-35-49)61-30-17-33-69-70(61)66-29-12-9-24-60(66)57-46-76-44-55(58-22-7-10-25-62(58)65-28-14-16-32-68(65)76)42-43-75-45-56(47-77(69,48-57)74(75)76)59-23-8-11-26-63(59)64-27-13-15-31-67(64)75/h1-41,55-57,74H,42-48H2. The minimum atomic E-state index is -0.136. The van der Waals surface area contributed by atoms with E-state index in [9.17, 15) is 0 Å². The first-order valence-corrected chi connectivity index (χ1v) is 29.2. The van der Waals surface area contributed by atoms with Crippen LogP contribution in [0.5, 0.6) is 0 Å². The van der Waals surface area contributed by atoms with Gasteiger partial charge in [0.15, 0.2) is 17.5 Å². The topological polar surface area (TPSA) is 38.7 Å². The lowest BCUT2D eigenvalue weighted by Crippen LogP contribution is -2.64. The molecule has 3 nitrogen and oxygen atoms in total. The molecule has 6 aliphatic rings. The molecule has 17 rings (SSSR count). The molecule has 0 amide bonds. The Hall–Kier alpha value is -8.79. The van der Waals surface area contributed by atoms with Crippen LogP contribution in [0.3, 0.4) is 0 Å². The van der Waals surface area contributed by atoms with Crippen LogP contribution in [0.2, 0.25) is 0 Å². The largest absolute Gasteiger partial charge is 0.208 e. The van der Waals surface area contributed by atoms with Gasteiger partial charge in [-0.15, -0.1) is 0 Å². The summed E-state index contributed by atoms with van der Waals surface area (Å²) in [5.41, 5.74) is 25.8. The Kier molecular flexibility index (Phi) is 10.2. The third-order valence-corrected chi connectivity index (χ3v) is 20.6. The number of rotatable bonds is 5. The van der Waals surface area contributed by atoms with Crippen molar-refractivity contribution in [1.82, 2.24) is 15.0 Å². The van der Waals surface area contributed by atoms with Crippen LogP contribution in [0.15, 0.2) is 249 Å². The first-order valence-electron chi connectivity index (χ1n) is 29.2. The number of benzene rings is 10. The van der Waals surface area contributed by atoms with Crippen LogP contribution < -0.4 is 0 Å². The van der Waals surface area contributed by atoms with Gasteiger partial charge in [-0.3, -0.25) is 0 Å². The zero-order valence-corrected chi connectivity index (χ0v) is 44.8. The fourth-order valence-corrected chi connectivity index (χ4v) is 18.0. The lowest BCUT2D eigenvalue weighted by molar-refractivity contribution is -0.0410. The molecule has 382 valence electrons. The molecule has 3 heteroatoms. The maximum atomic E-state index is 5.03. The summed E-state index contributed by atoms with van der Waals surface area (Å²) in [6.07, 6.45) is 8.24. The van der Waals surface area contributed by atoms with Gasteiger partial charge in [-0.1, -0.05) is 249 Å². The van der Waals surface area contributed by atoms with E-state index in [1.807, 2.05) is 36.4 Å². The summed E-state index contributed by atoms with van der Waals surface area (Å²) in [6, 6.07) is 94.6. The Morgan fingerprint density at radius 3 is 1.19 bits per heavy atom. The molecule has 0 aliphatic heterocycles. The average molecular weight is 1030 g/mol. The van der Waals surface area contributed by atoms with Gasteiger partial charge in [-0.05, 0) is 158 Å². The summed E-state index contributed by atoms with van der Waals surface area (Å²) in [7, 11) is 0. The molecular weight excluding hydrogens is 967 g/mol. The van der Waals surface area contributed by atoms with E-state index in [4.69, 9.17) is 15.0 Å². The van der Waals surface area contributed by atoms with Crippen LogP contribution in [0.25, 0.3) is 89.8 Å². The van der Waals surface area contributed by atoms with Crippen LogP contribution in [-0.2, 0) is 16.2 Å². The number of nitrogens with zero attached hydrogens (tertiary/aromatic N) is 3. The summed E-state index contributed by atoms with van der Waals surface area (Å²) in [4.78, 5) is 15.0. The highest BCUT2D eigenvalue weighted by Crippen LogP contribution is 2.78. The van der Waals surface area contributed by atoms with Gasteiger partial charge in [-0.2, -0.15) is 0 Å². The molecule has 0 N–H and O–H groups in total. The van der Waals surface area contributed by atoms with Crippen LogP contribution in [-0.4, -0.2) is 15.0 Å². The highest BCUT2D eigenvalue weighted by molar-refractivity contribution is 5.91. The monoisotopic (exact) mass is 1030 g/mol. The van der Waals surface area contributed by atoms with Gasteiger partial charge in [0.05, 0.1) is 0 Å². The van der Waals surface area contributed by atoms with Crippen molar-refractivity contribution < 1.29 is 0 Å². The Labute approximate surface area is 469 Å². The van der Waals surface area contributed by atoms with Crippen LogP contribution in [0.1, 0.15) is 96.1 Å². The van der Waals surface area contributed by atoms with Gasteiger partial charge in [-0.25, -0.2) is 15.0 Å². The Bertz CT molecular complexity index is 4200. The average Bonchev–Trinajstić information content (AvgIpc) is 3.74. The van der Waals surface area contributed by atoms with Gasteiger partial charge >= 0.3 is 0 Å². The normalized spacial score (nSPS) is 24.1. The van der Waals surface area contributed by atoms with E-state index in [1.165, 1.54) is 81.3 Å². The predicted molar refractivity (Wildman–Crippen MR) is 325 cm³/mol. The summed E-state index contributed by atoms with van der Waals surface area (Å²) in [5, 5.41) is 0. The van der Waals surface area contributed by atoms with Crippen LogP contribution in [0.4, 0.5) is 0 Å². The molecule has 3 spiro atoms. The number of hydrogen-bond acceptors (Lipinski definition) is 3. The second-order valence-electron chi connectivity index (χ2n) is 24.3. The Balaban J connectivity index is 0.840. The molecule has 1 heterocycles. The van der Waals surface area contributed by atoms with Gasteiger partial charge in [0.25, 0.3) is 0 Å². The maximum absolute atomic E-state index is 5.03. The van der Waals surface area contributed by atoms with Gasteiger partial charge < -0.3 is 0 Å². The van der Waals surface area contributed by atoms with Crippen molar-refractivity contribution in [3.05, 3.63) is 282 Å². The summed E-state index contributed by atoms with van der Waals surface area (Å²) in [5.74, 6) is 3.62. The molecule has 80 heavy (non-hydrogen) atoms. The quantitative estimate of drug-likeness (QED) is 0.172. The first-order chi connectivity index (χ1) is 39.6. The predicted octanol–water partition coefficient (Wildman–Crippen LogP) is 19.0. The van der Waals surface area contributed by atoms with Crippen molar-refractivity contribution in [3.8, 4) is 89.8 Å². The Morgan fingerprint density at radius 1 is 0.263 bits per heavy atom. The summed E-state index contributed by atoms with van der Waals surface area (Å²) in [6.45, 7) is 0. The number of hydrogen-bond donors (Lipinski definition) is 0. The lowest BCUT2D eigenvalue weighted by atomic mass is 9.36. The van der Waals surface area contributed by atoms with E-state index in [-0.39, 0.29) is 16.2 Å². The fraction of sp³-hybridized carbons (Fsp3) is 0.182. The molecule has 3 fully saturated rings. The van der Waals surface area contributed by atoms with Gasteiger partial charge in [0.2, 0.25) is 0 Å². The van der Waals surface area contributed by atoms with Crippen molar-refractivity contribution in [3.63, 3.8) is 0 Å². The minimum absolute atomic E-state index is 0.0590. The van der Waals surface area contributed by atoms with E-state index in [0.717, 1.165) is 41.5 Å². The van der Waals surface area contributed by atoms with Crippen molar-refractivity contribution in [1.29, 1.82) is 0 Å². The lowest BCUT2D eigenvalue weighted by Gasteiger charge is -2.67. The third kappa shape index (κ3) is 6.70. The van der Waals surface area contributed by atoms with Crippen LogP contribution >= 0.6 is 0 Å². The van der Waals surface area contributed by atoms with Crippen molar-refractivity contribution in [2.24, 2.45) is 5.92 Å². The second-order valence-corrected chi connectivity index (χ2v) is 24.3. The highest BCUT2D eigenvalue weighted by atomic mass is 15.0. The third-order valence-electron chi connectivity index (χ3n) is 20.6. The molecule has 1 aromatic heterocycles. The molecule has 3 saturated carbocycles. The van der Waals surface area contributed by atoms with E-state index in [0.29, 0.717) is 41.1 Å². The SMILES string of the molecule is c1ccc(-c2nc(-c3ccccc3)nc(-c3ccc(-c4ccc(-c5cccc6c5-c5ccccc5C5CC78CC(CCC9%10CC(CC6(C5)C97)c5ccccc5-c5ccccc5%10)c5ccccc5-c5ccccc58)cc4)cc3)n2)cc1. The summed E-state index contributed by atoms with van der Waals surface area (Å²) < 4.78 is 0.